The molecule has 224 valence electrons. The largest absolute Gasteiger partial charge is 0.507 e. The van der Waals surface area contributed by atoms with Gasteiger partial charge in [0.05, 0.1) is 31.7 Å². The molecule has 0 unspecified atom stereocenters. The molecule has 1 aliphatic heterocycles. The lowest BCUT2D eigenvalue weighted by Gasteiger charge is -2.36. The first-order chi connectivity index (χ1) is 20.8. The molecule has 3 aromatic carbocycles. The van der Waals surface area contributed by atoms with Crippen LogP contribution in [0.5, 0.6) is 5.75 Å². The third-order valence-corrected chi connectivity index (χ3v) is 8.75. The molecular weight excluding hydrogens is 546 g/mol. The lowest BCUT2D eigenvalue weighted by molar-refractivity contribution is -0.137. The van der Waals surface area contributed by atoms with Gasteiger partial charge in [-0.2, -0.15) is 4.90 Å². The molecule has 1 saturated heterocycles. The number of fused-ring (bicyclic) bond motifs is 2. The molecule has 1 heterocycles. The second kappa shape index (κ2) is 12.9. The maximum Gasteiger partial charge on any atom is 0.423 e. The third kappa shape index (κ3) is 5.72. The number of imide groups is 3. The van der Waals surface area contributed by atoms with Crippen molar-refractivity contribution in [3.8, 4) is 5.75 Å². The first kappa shape index (κ1) is 30.2. The molecule has 0 aromatic heterocycles. The summed E-state index contributed by atoms with van der Waals surface area (Å²) in [5.41, 5.74) is 4.35. The van der Waals surface area contributed by atoms with Crippen LogP contribution < -0.4 is 0 Å². The van der Waals surface area contributed by atoms with Crippen LogP contribution in [0.2, 0.25) is 0 Å². The fraction of sp³-hybridized carbons (Fsp3) is 0.343. The standard InChI is InChI=1S/C35H37NO7/c1-3-9-24-19-27-32(34(41)36(33(27)40)35(42)43-2)28(20-37)31(24)30(39)17-14-22(21-10-5-4-6-11-21)18-23-15-16-29(38)26-13-8-7-12-25(23)26/h4-8,10-13,15-16,18,27-28,30,32,37-39H,3,9,14,17,19-20H2,1-2H3/b22-18-/t27-,28+,30-,32-/m1/s1. The molecule has 43 heavy (non-hydrogen) atoms. The van der Waals surface area contributed by atoms with Gasteiger partial charge in [-0.05, 0) is 59.4 Å². The summed E-state index contributed by atoms with van der Waals surface area (Å²) in [6, 6.07) is 21.1. The Kier molecular flexibility index (Phi) is 9.08. The average Bonchev–Trinajstić information content (AvgIpc) is 3.28. The highest BCUT2D eigenvalue weighted by Crippen LogP contribution is 2.47. The van der Waals surface area contributed by atoms with Gasteiger partial charge in [-0.25, -0.2) is 4.79 Å². The molecule has 1 fully saturated rings. The summed E-state index contributed by atoms with van der Waals surface area (Å²) in [4.78, 5) is 39.2. The molecule has 1 aliphatic carbocycles. The van der Waals surface area contributed by atoms with Crippen molar-refractivity contribution in [2.24, 2.45) is 17.8 Å². The van der Waals surface area contributed by atoms with E-state index in [0.29, 0.717) is 29.7 Å². The van der Waals surface area contributed by atoms with Crippen molar-refractivity contribution in [3.63, 3.8) is 0 Å². The predicted molar refractivity (Wildman–Crippen MR) is 164 cm³/mol. The number of phenols is 1. The van der Waals surface area contributed by atoms with E-state index in [4.69, 9.17) is 0 Å². The summed E-state index contributed by atoms with van der Waals surface area (Å²) in [7, 11) is 1.11. The van der Waals surface area contributed by atoms with Gasteiger partial charge in [-0.1, -0.05) is 85.7 Å². The smallest absolute Gasteiger partial charge is 0.423 e. The number of amides is 3. The van der Waals surface area contributed by atoms with E-state index < -0.39 is 48.4 Å². The minimum Gasteiger partial charge on any atom is -0.507 e. The number of hydrogen-bond acceptors (Lipinski definition) is 7. The number of nitrogens with zero attached hydrogens (tertiary/aromatic N) is 1. The van der Waals surface area contributed by atoms with E-state index in [1.165, 1.54) is 0 Å². The van der Waals surface area contributed by atoms with Gasteiger partial charge in [-0.15, -0.1) is 0 Å². The highest BCUT2D eigenvalue weighted by Gasteiger charge is 2.57. The highest BCUT2D eigenvalue weighted by atomic mass is 16.5. The van der Waals surface area contributed by atoms with Crippen LogP contribution in [-0.4, -0.2) is 57.9 Å². The molecule has 0 saturated carbocycles. The molecule has 3 aromatic rings. The zero-order chi connectivity index (χ0) is 30.7. The number of carbonyl (C=O) groups excluding carboxylic acids is 3. The van der Waals surface area contributed by atoms with Gasteiger partial charge in [0.25, 0.3) is 0 Å². The van der Waals surface area contributed by atoms with Crippen molar-refractivity contribution in [2.75, 3.05) is 13.7 Å². The van der Waals surface area contributed by atoms with E-state index in [9.17, 15) is 29.7 Å². The van der Waals surface area contributed by atoms with Crippen LogP contribution >= 0.6 is 0 Å². The Hall–Kier alpha value is -4.27. The number of allylic oxidation sites excluding steroid dienone is 2. The van der Waals surface area contributed by atoms with Gasteiger partial charge in [0.2, 0.25) is 11.8 Å². The minimum atomic E-state index is -1.03. The molecule has 3 amide bonds. The summed E-state index contributed by atoms with van der Waals surface area (Å²) >= 11 is 0. The summed E-state index contributed by atoms with van der Waals surface area (Å²) in [5.74, 6) is -3.59. The second-order valence-corrected chi connectivity index (χ2v) is 11.2. The summed E-state index contributed by atoms with van der Waals surface area (Å²) in [5, 5.41) is 34.3. The number of carbonyl (C=O) groups is 3. The van der Waals surface area contributed by atoms with Gasteiger partial charge < -0.3 is 20.1 Å². The zero-order valence-electron chi connectivity index (χ0n) is 24.4. The minimum absolute atomic E-state index is 0.205. The second-order valence-electron chi connectivity index (χ2n) is 11.2. The molecule has 0 radical (unpaired) electrons. The van der Waals surface area contributed by atoms with E-state index in [1.807, 2.05) is 67.6 Å². The van der Waals surface area contributed by atoms with Gasteiger partial charge >= 0.3 is 6.09 Å². The average molecular weight is 584 g/mol. The van der Waals surface area contributed by atoms with Crippen molar-refractivity contribution in [1.82, 2.24) is 4.90 Å². The topological polar surface area (TPSA) is 124 Å². The van der Waals surface area contributed by atoms with Gasteiger partial charge in [0.1, 0.15) is 5.75 Å². The van der Waals surface area contributed by atoms with E-state index >= 15 is 0 Å². The number of hydrogen-bond donors (Lipinski definition) is 3. The third-order valence-electron chi connectivity index (χ3n) is 8.75. The number of phenolic OH excluding ortho intramolecular Hbond substituents is 1. The Morgan fingerprint density at radius 3 is 2.40 bits per heavy atom. The fourth-order valence-electron chi connectivity index (χ4n) is 6.79. The Morgan fingerprint density at radius 2 is 1.72 bits per heavy atom. The van der Waals surface area contributed by atoms with Crippen LogP contribution in [-0.2, 0) is 14.3 Å². The number of benzene rings is 3. The summed E-state index contributed by atoms with van der Waals surface area (Å²) in [6.07, 6.45) is 2.48. The van der Waals surface area contributed by atoms with Gasteiger partial charge in [0, 0.05) is 11.3 Å². The van der Waals surface area contributed by atoms with Crippen molar-refractivity contribution >= 4 is 40.3 Å². The SMILES string of the molecule is CCCC1=C([C@H](O)CC/C(=C/c2ccc(O)c3ccccc23)c2ccccc2)[C@H](CO)[C@@H]2C(=O)N(C(=O)OC)C(=O)[C@@H]2C1. The van der Waals surface area contributed by atoms with Gasteiger partial charge in [0.15, 0.2) is 0 Å². The number of aliphatic hydroxyl groups is 2. The molecular formula is C35H37NO7. The molecule has 0 spiro atoms. The summed E-state index contributed by atoms with van der Waals surface area (Å²) < 4.78 is 4.69. The molecule has 8 nitrogen and oxygen atoms in total. The quantitative estimate of drug-likeness (QED) is 0.168. The molecule has 5 rings (SSSR count). The normalized spacial score (nSPS) is 21.3. The Balaban J connectivity index is 1.49. The zero-order valence-corrected chi connectivity index (χ0v) is 24.4. The molecule has 4 atom stereocenters. The number of aliphatic hydroxyl groups excluding tert-OH is 2. The van der Waals surface area contributed by atoms with Crippen molar-refractivity contribution in [3.05, 3.63) is 89.0 Å². The number of aromatic hydroxyl groups is 1. The number of rotatable bonds is 9. The lowest BCUT2D eigenvalue weighted by Crippen LogP contribution is -2.40. The molecule has 8 heteroatoms. The van der Waals surface area contributed by atoms with Crippen LogP contribution in [0.3, 0.4) is 0 Å². The van der Waals surface area contributed by atoms with Crippen LogP contribution in [0.25, 0.3) is 22.4 Å². The molecule has 0 bridgehead atoms. The highest BCUT2D eigenvalue weighted by molar-refractivity contribution is 6.16. The lowest BCUT2D eigenvalue weighted by atomic mass is 9.67. The maximum atomic E-state index is 13.3. The number of likely N-dealkylation sites (tertiary alicyclic amines) is 1. The summed E-state index contributed by atoms with van der Waals surface area (Å²) in [6.45, 7) is 1.56. The maximum absolute atomic E-state index is 13.3. The van der Waals surface area contributed by atoms with Crippen LogP contribution in [0, 0.1) is 17.8 Å². The Bertz CT molecular complexity index is 1590. The predicted octanol–water partition coefficient (Wildman–Crippen LogP) is 5.70. The van der Waals surface area contributed by atoms with E-state index in [-0.39, 0.29) is 12.2 Å². The first-order valence-electron chi connectivity index (χ1n) is 14.7. The first-order valence-corrected chi connectivity index (χ1v) is 14.7. The van der Waals surface area contributed by atoms with E-state index in [2.05, 4.69) is 10.8 Å². The van der Waals surface area contributed by atoms with Gasteiger partial charge in [-0.3, -0.25) is 9.59 Å². The number of ether oxygens (including phenoxy) is 1. The van der Waals surface area contributed by atoms with Crippen molar-refractivity contribution in [1.29, 1.82) is 0 Å². The molecule has 2 aliphatic rings. The van der Waals surface area contributed by atoms with Crippen LogP contribution in [0.15, 0.2) is 77.9 Å². The Morgan fingerprint density at radius 1 is 1.02 bits per heavy atom. The Labute approximate surface area is 250 Å². The van der Waals surface area contributed by atoms with Crippen molar-refractivity contribution in [2.45, 2.75) is 45.1 Å². The monoisotopic (exact) mass is 583 g/mol. The fourth-order valence-corrected chi connectivity index (χ4v) is 6.79. The van der Waals surface area contributed by atoms with E-state index in [0.717, 1.165) is 46.6 Å². The molecule has 3 N–H and O–H groups in total. The van der Waals surface area contributed by atoms with E-state index in [1.54, 1.807) is 6.07 Å². The van der Waals surface area contributed by atoms with Crippen LogP contribution in [0.4, 0.5) is 4.79 Å². The number of methoxy groups -OCH3 is 1. The van der Waals surface area contributed by atoms with Crippen molar-refractivity contribution < 1.29 is 34.4 Å². The van der Waals surface area contributed by atoms with Crippen LogP contribution in [0.1, 0.15) is 50.2 Å².